The van der Waals surface area contributed by atoms with Crippen molar-refractivity contribution >= 4 is 17.5 Å². The Labute approximate surface area is 123 Å². The van der Waals surface area contributed by atoms with Gasteiger partial charge in [-0.3, -0.25) is 9.59 Å². The molecule has 6 nitrogen and oxygen atoms in total. The molecule has 2 aliphatic rings. The van der Waals surface area contributed by atoms with Crippen LogP contribution in [-0.4, -0.2) is 42.6 Å². The Morgan fingerprint density at radius 1 is 1.33 bits per heavy atom. The maximum absolute atomic E-state index is 12.3. The maximum atomic E-state index is 12.3. The maximum Gasteiger partial charge on any atom is 0.251 e. The Balaban J connectivity index is 1.58. The SMILES string of the molecule is CC(=O)N1CCC(NC(=O)c2ccc3c(c2)OCN3)CC1. The van der Waals surface area contributed by atoms with Crippen LogP contribution in [0.3, 0.4) is 0 Å². The van der Waals surface area contributed by atoms with Crippen molar-refractivity contribution < 1.29 is 14.3 Å². The summed E-state index contributed by atoms with van der Waals surface area (Å²) >= 11 is 0. The summed E-state index contributed by atoms with van der Waals surface area (Å²) in [7, 11) is 0. The van der Waals surface area contributed by atoms with E-state index in [1.54, 1.807) is 19.1 Å². The summed E-state index contributed by atoms with van der Waals surface area (Å²) in [6, 6.07) is 5.53. The van der Waals surface area contributed by atoms with Gasteiger partial charge < -0.3 is 20.3 Å². The Kier molecular flexibility index (Phi) is 3.68. The van der Waals surface area contributed by atoms with Crippen molar-refractivity contribution in [2.45, 2.75) is 25.8 Å². The molecule has 112 valence electrons. The number of carbonyl (C=O) groups excluding carboxylic acids is 2. The summed E-state index contributed by atoms with van der Waals surface area (Å²) in [6.45, 7) is 3.44. The Hall–Kier alpha value is -2.24. The average molecular weight is 289 g/mol. The number of nitrogens with zero attached hydrogens (tertiary/aromatic N) is 1. The van der Waals surface area contributed by atoms with E-state index in [0.29, 0.717) is 31.1 Å². The topological polar surface area (TPSA) is 70.7 Å². The van der Waals surface area contributed by atoms with Gasteiger partial charge in [0, 0.05) is 31.6 Å². The molecule has 0 radical (unpaired) electrons. The predicted molar refractivity (Wildman–Crippen MR) is 78.3 cm³/mol. The fraction of sp³-hybridized carbons (Fsp3) is 0.467. The van der Waals surface area contributed by atoms with Gasteiger partial charge in [-0.1, -0.05) is 0 Å². The third-order valence-corrected chi connectivity index (χ3v) is 4.01. The van der Waals surface area contributed by atoms with Crippen molar-refractivity contribution in [2.24, 2.45) is 0 Å². The van der Waals surface area contributed by atoms with E-state index in [4.69, 9.17) is 4.74 Å². The third-order valence-electron chi connectivity index (χ3n) is 4.01. The number of ether oxygens (including phenoxy) is 1. The Morgan fingerprint density at radius 2 is 2.10 bits per heavy atom. The summed E-state index contributed by atoms with van der Waals surface area (Å²) in [5, 5.41) is 6.10. The average Bonchev–Trinajstić information content (AvgIpc) is 2.95. The largest absolute Gasteiger partial charge is 0.471 e. The molecule has 0 saturated carbocycles. The van der Waals surface area contributed by atoms with Gasteiger partial charge in [0.2, 0.25) is 5.91 Å². The van der Waals surface area contributed by atoms with Crippen LogP contribution in [0.15, 0.2) is 18.2 Å². The number of fused-ring (bicyclic) bond motifs is 1. The van der Waals surface area contributed by atoms with E-state index < -0.39 is 0 Å². The van der Waals surface area contributed by atoms with Crippen LogP contribution < -0.4 is 15.4 Å². The number of piperidine rings is 1. The summed E-state index contributed by atoms with van der Waals surface area (Å²) in [4.78, 5) is 25.4. The smallest absolute Gasteiger partial charge is 0.251 e. The van der Waals surface area contributed by atoms with E-state index >= 15 is 0 Å². The van der Waals surface area contributed by atoms with Crippen LogP contribution in [0.1, 0.15) is 30.1 Å². The van der Waals surface area contributed by atoms with Crippen molar-refractivity contribution in [1.82, 2.24) is 10.2 Å². The lowest BCUT2D eigenvalue weighted by Gasteiger charge is -2.31. The second-order valence-corrected chi connectivity index (χ2v) is 5.43. The molecule has 0 spiro atoms. The van der Waals surface area contributed by atoms with Gasteiger partial charge >= 0.3 is 0 Å². The van der Waals surface area contributed by atoms with Gasteiger partial charge in [0.25, 0.3) is 5.91 Å². The minimum Gasteiger partial charge on any atom is -0.471 e. The summed E-state index contributed by atoms with van der Waals surface area (Å²) in [6.07, 6.45) is 1.60. The lowest BCUT2D eigenvalue weighted by molar-refractivity contribution is -0.129. The number of amides is 2. The minimum atomic E-state index is -0.0884. The van der Waals surface area contributed by atoms with Crippen LogP contribution in [-0.2, 0) is 4.79 Å². The van der Waals surface area contributed by atoms with E-state index in [-0.39, 0.29) is 17.9 Å². The van der Waals surface area contributed by atoms with Gasteiger partial charge in [-0.2, -0.15) is 0 Å². The Morgan fingerprint density at radius 3 is 2.81 bits per heavy atom. The number of hydrogen-bond acceptors (Lipinski definition) is 4. The first-order chi connectivity index (χ1) is 10.1. The first-order valence-corrected chi connectivity index (χ1v) is 7.20. The number of benzene rings is 1. The van der Waals surface area contributed by atoms with Crippen LogP contribution in [0.4, 0.5) is 5.69 Å². The highest BCUT2D eigenvalue weighted by molar-refractivity contribution is 5.95. The van der Waals surface area contributed by atoms with Gasteiger partial charge in [0.15, 0.2) is 6.73 Å². The van der Waals surface area contributed by atoms with Crippen molar-refractivity contribution in [3.05, 3.63) is 23.8 Å². The molecule has 1 aromatic carbocycles. The standard InChI is InChI=1S/C15H19N3O3/c1-10(19)18-6-4-12(5-7-18)17-15(20)11-2-3-13-14(8-11)21-9-16-13/h2-3,8,12,16H,4-7,9H2,1H3,(H,17,20). The summed E-state index contributed by atoms with van der Waals surface area (Å²) in [5.74, 6) is 0.728. The first-order valence-electron chi connectivity index (χ1n) is 7.20. The van der Waals surface area contributed by atoms with Gasteiger partial charge in [0.05, 0.1) is 5.69 Å². The van der Waals surface area contributed by atoms with E-state index in [9.17, 15) is 9.59 Å². The fourth-order valence-corrected chi connectivity index (χ4v) is 2.73. The van der Waals surface area contributed by atoms with E-state index in [2.05, 4.69) is 10.6 Å². The van der Waals surface area contributed by atoms with Gasteiger partial charge in [-0.15, -0.1) is 0 Å². The van der Waals surface area contributed by atoms with Gasteiger partial charge in [-0.25, -0.2) is 0 Å². The number of likely N-dealkylation sites (tertiary alicyclic amines) is 1. The second-order valence-electron chi connectivity index (χ2n) is 5.43. The molecular formula is C15H19N3O3. The second kappa shape index (κ2) is 5.63. The van der Waals surface area contributed by atoms with Crippen LogP contribution in [0.2, 0.25) is 0 Å². The number of anilines is 1. The number of rotatable bonds is 2. The summed E-state index contributed by atoms with van der Waals surface area (Å²) in [5.41, 5.74) is 1.52. The first kappa shape index (κ1) is 13.7. The molecule has 1 fully saturated rings. The molecule has 2 N–H and O–H groups in total. The van der Waals surface area contributed by atoms with Crippen molar-refractivity contribution in [1.29, 1.82) is 0 Å². The van der Waals surface area contributed by atoms with Crippen LogP contribution >= 0.6 is 0 Å². The van der Waals surface area contributed by atoms with Gasteiger partial charge in [-0.05, 0) is 31.0 Å². The molecule has 2 heterocycles. The zero-order chi connectivity index (χ0) is 14.8. The van der Waals surface area contributed by atoms with Crippen molar-refractivity contribution in [3.63, 3.8) is 0 Å². The van der Waals surface area contributed by atoms with E-state index in [0.717, 1.165) is 18.5 Å². The molecule has 21 heavy (non-hydrogen) atoms. The molecule has 6 heteroatoms. The van der Waals surface area contributed by atoms with Crippen LogP contribution in [0.25, 0.3) is 0 Å². The van der Waals surface area contributed by atoms with Crippen LogP contribution in [0.5, 0.6) is 5.75 Å². The lowest BCUT2D eigenvalue weighted by Crippen LogP contribution is -2.45. The lowest BCUT2D eigenvalue weighted by atomic mass is 10.0. The number of carbonyl (C=O) groups is 2. The highest BCUT2D eigenvalue weighted by Crippen LogP contribution is 2.29. The van der Waals surface area contributed by atoms with Gasteiger partial charge in [0.1, 0.15) is 5.75 Å². The fourth-order valence-electron chi connectivity index (χ4n) is 2.73. The highest BCUT2D eigenvalue weighted by Gasteiger charge is 2.23. The molecule has 2 amide bonds. The third kappa shape index (κ3) is 2.94. The molecular weight excluding hydrogens is 270 g/mol. The molecule has 0 unspecified atom stereocenters. The number of hydrogen-bond donors (Lipinski definition) is 2. The van der Waals surface area contributed by atoms with Crippen molar-refractivity contribution in [3.8, 4) is 5.75 Å². The van der Waals surface area contributed by atoms with E-state index in [1.807, 2.05) is 11.0 Å². The number of nitrogens with one attached hydrogen (secondary N) is 2. The zero-order valence-electron chi connectivity index (χ0n) is 12.0. The molecule has 0 bridgehead atoms. The highest BCUT2D eigenvalue weighted by atomic mass is 16.5. The van der Waals surface area contributed by atoms with E-state index in [1.165, 1.54) is 0 Å². The quantitative estimate of drug-likeness (QED) is 0.858. The minimum absolute atomic E-state index is 0.0884. The monoisotopic (exact) mass is 289 g/mol. The predicted octanol–water partition coefficient (Wildman–Crippen LogP) is 1.19. The molecule has 0 aliphatic carbocycles. The molecule has 1 saturated heterocycles. The summed E-state index contributed by atoms with van der Waals surface area (Å²) < 4.78 is 5.38. The molecule has 0 atom stereocenters. The molecule has 2 aliphatic heterocycles. The molecule has 1 aromatic rings. The van der Waals surface area contributed by atoms with Crippen LogP contribution in [0, 0.1) is 0 Å². The zero-order valence-corrected chi connectivity index (χ0v) is 12.0. The molecule has 3 rings (SSSR count). The Bertz CT molecular complexity index is 565. The van der Waals surface area contributed by atoms with Crippen molar-refractivity contribution in [2.75, 3.05) is 25.1 Å². The molecule has 0 aromatic heterocycles. The normalized spacial score (nSPS) is 17.7.